The maximum Gasteiger partial charge on any atom is 0.253 e. The number of likely N-dealkylation sites (tertiary alicyclic amines) is 1. The van der Waals surface area contributed by atoms with Gasteiger partial charge >= 0.3 is 0 Å². The number of hydrogen-bond acceptors (Lipinski definition) is 2. The molecule has 4 nitrogen and oxygen atoms in total. The molecule has 1 saturated heterocycles. The van der Waals surface area contributed by atoms with Gasteiger partial charge in [0.05, 0.1) is 0 Å². The minimum absolute atomic E-state index is 0.188. The second-order valence-electron chi connectivity index (χ2n) is 6.74. The van der Waals surface area contributed by atoms with Crippen molar-refractivity contribution in [3.05, 3.63) is 35.0 Å². The van der Waals surface area contributed by atoms with Crippen molar-refractivity contribution in [2.75, 3.05) is 19.6 Å². The molecule has 0 spiro atoms. The Morgan fingerprint density at radius 3 is 2.91 bits per heavy atom. The molecule has 1 fully saturated rings. The summed E-state index contributed by atoms with van der Waals surface area (Å²) in [6.07, 6.45) is 3.28. The van der Waals surface area contributed by atoms with Crippen LogP contribution >= 0.6 is 0 Å². The van der Waals surface area contributed by atoms with Crippen LogP contribution in [0.5, 0.6) is 0 Å². The lowest BCUT2D eigenvalue weighted by atomic mass is 9.98. The lowest BCUT2D eigenvalue weighted by Gasteiger charge is -2.30. The summed E-state index contributed by atoms with van der Waals surface area (Å²) in [7, 11) is 0. The topological polar surface area (TPSA) is 48.1 Å². The van der Waals surface area contributed by atoms with Gasteiger partial charge < -0.3 is 15.2 Å². The van der Waals surface area contributed by atoms with Gasteiger partial charge in [-0.05, 0) is 42.5 Å². The molecule has 116 valence electrons. The molecular weight excluding hydrogens is 274 g/mol. The van der Waals surface area contributed by atoms with E-state index < -0.39 is 0 Å². The fraction of sp³-hybridized carbons (Fsp3) is 0.500. The van der Waals surface area contributed by atoms with Crippen molar-refractivity contribution >= 4 is 16.8 Å². The van der Waals surface area contributed by atoms with Gasteiger partial charge in [-0.2, -0.15) is 0 Å². The van der Waals surface area contributed by atoms with E-state index in [1.165, 1.54) is 16.6 Å². The molecule has 0 bridgehead atoms. The molecular formula is C18H23N3O. The van der Waals surface area contributed by atoms with Crippen LogP contribution in [0.25, 0.3) is 10.9 Å². The highest BCUT2D eigenvalue weighted by molar-refractivity contribution is 5.99. The highest BCUT2D eigenvalue weighted by atomic mass is 16.2. The number of nitrogens with one attached hydrogen (secondary N) is 2. The predicted octanol–water partition coefficient (Wildman–Crippen LogP) is 2.69. The Balaban J connectivity index is 1.65. The first-order valence-corrected chi connectivity index (χ1v) is 8.36. The number of piperidine rings is 1. The normalized spacial score (nSPS) is 19.4. The summed E-state index contributed by atoms with van der Waals surface area (Å²) in [5.41, 5.74) is 4.64. The van der Waals surface area contributed by atoms with Crippen molar-refractivity contribution in [3.8, 4) is 0 Å². The van der Waals surface area contributed by atoms with Gasteiger partial charge in [0.2, 0.25) is 0 Å². The Labute approximate surface area is 130 Å². The first-order valence-electron chi connectivity index (χ1n) is 8.36. The quantitative estimate of drug-likeness (QED) is 0.850. The Morgan fingerprint density at radius 1 is 1.27 bits per heavy atom. The number of aromatic amines is 1. The molecule has 0 unspecified atom stereocenters. The molecule has 0 saturated carbocycles. The van der Waals surface area contributed by atoms with Gasteiger partial charge in [0, 0.05) is 54.8 Å². The van der Waals surface area contributed by atoms with Crippen LogP contribution in [0.15, 0.2) is 18.2 Å². The number of benzene rings is 1. The number of carbonyl (C=O) groups is 1. The molecule has 1 aromatic heterocycles. The number of hydrogen-bond donors (Lipinski definition) is 2. The number of amides is 1. The number of fused-ring (bicyclic) bond motifs is 3. The second-order valence-corrected chi connectivity index (χ2v) is 6.74. The minimum atomic E-state index is 0.188. The molecule has 4 rings (SSSR count). The summed E-state index contributed by atoms with van der Waals surface area (Å²) in [5.74, 6) is 0.932. The highest BCUT2D eigenvalue weighted by Gasteiger charge is 2.22. The molecule has 2 aliphatic heterocycles. The van der Waals surface area contributed by atoms with E-state index in [0.717, 1.165) is 62.4 Å². The Morgan fingerprint density at radius 2 is 2.09 bits per heavy atom. The SMILES string of the molecule is CC1CCN(C(=O)c2ccc3[nH]c4c(c3c2)CNCC4)CC1. The average Bonchev–Trinajstić information content (AvgIpc) is 2.92. The summed E-state index contributed by atoms with van der Waals surface area (Å²) >= 11 is 0. The van der Waals surface area contributed by atoms with Crippen LogP contribution in [-0.4, -0.2) is 35.4 Å². The molecule has 2 N–H and O–H groups in total. The third-order valence-electron chi connectivity index (χ3n) is 5.17. The molecule has 0 atom stereocenters. The van der Waals surface area contributed by atoms with Crippen LogP contribution in [-0.2, 0) is 13.0 Å². The van der Waals surface area contributed by atoms with Gasteiger partial charge in [-0.25, -0.2) is 0 Å². The molecule has 1 aromatic carbocycles. The first kappa shape index (κ1) is 13.8. The van der Waals surface area contributed by atoms with E-state index in [9.17, 15) is 4.79 Å². The first-order chi connectivity index (χ1) is 10.7. The number of carbonyl (C=O) groups excluding carboxylic acids is 1. The zero-order valence-electron chi connectivity index (χ0n) is 13.1. The maximum absolute atomic E-state index is 12.7. The predicted molar refractivity (Wildman–Crippen MR) is 88.0 cm³/mol. The van der Waals surface area contributed by atoms with E-state index in [1.807, 2.05) is 11.0 Å². The lowest BCUT2D eigenvalue weighted by molar-refractivity contribution is 0.0697. The number of aromatic nitrogens is 1. The Hall–Kier alpha value is -1.81. The third kappa shape index (κ3) is 2.31. The fourth-order valence-corrected chi connectivity index (χ4v) is 3.67. The Bertz CT molecular complexity index is 710. The van der Waals surface area contributed by atoms with Gasteiger partial charge in [0.1, 0.15) is 0 Å². The van der Waals surface area contributed by atoms with E-state index >= 15 is 0 Å². The molecule has 22 heavy (non-hydrogen) atoms. The van der Waals surface area contributed by atoms with Crippen LogP contribution in [0.4, 0.5) is 0 Å². The van der Waals surface area contributed by atoms with Crippen molar-refractivity contribution in [1.82, 2.24) is 15.2 Å². The van der Waals surface area contributed by atoms with Gasteiger partial charge in [0.25, 0.3) is 5.91 Å². The molecule has 0 radical (unpaired) electrons. The third-order valence-corrected chi connectivity index (χ3v) is 5.17. The van der Waals surface area contributed by atoms with E-state index in [0.29, 0.717) is 0 Å². The molecule has 2 aromatic rings. The molecule has 1 amide bonds. The molecule has 2 aliphatic rings. The van der Waals surface area contributed by atoms with Crippen LogP contribution < -0.4 is 5.32 Å². The van der Waals surface area contributed by atoms with Gasteiger partial charge in [0.15, 0.2) is 0 Å². The van der Waals surface area contributed by atoms with Gasteiger partial charge in [-0.15, -0.1) is 0 Å². The van der Waals surface area contributed by atoms with Crippen LogP contribution in [0.1, 0.15) is 41.4 Å². The van der Waals surface area contributed by atoms with Gasteiger partial charge in [-0.3, -0.25) is 4.79 Å². The molecule has 3 heterocycles. The number of H-pyrrole nitrogens is 1. The van der Waals surface area contributed by atoms with Crippen LogP contribution in [0.3, 0.4) is 0 Å². The fourth-order valence-electron chi connectivity index (χ4n) is 3.67. The van der Waals surface area contributed by atoms with Crippen LogP contribution in [0.2, 0.25) is 0 Å². The van der Waals surface area contributed by atoms with Crippen molar-refractivity contribution in [1.29, 1.82) is 0 Å². The average molecular weight is 297 g/mol. The van der Waals surface area contributed by atoms with Crippen LogP contribution in [0, 0.1) is 5.92 Å². The zero-order valence-corrected chi connectivity index (χ0v) is 13.1. The highest BCUT2D eigenvalue weighted by Crippen LogP contribution is 2.27. The number of nitrogens with zero attached hydrogens (tertiary/aromatic N) is 1. The standard InChI is InChI=1S/C18H23N3O/c1-12-5-8-21(9-6-12)18(22)13-2-3-16-14(10-13)15-11-19-7-4-17(15)20-16/h2-3,10,12,19-20H,4-9,11H2,1H3. The number of rotatable bonds is 1. The second kappa shape index (κ2) is 5.43. The molecule has 0 aliphatic carbocycles. The summed E-state index contributed by atoms with van der Waals surface area (Å²) in [5, 5.41) is 4.63. The summed E-state index contributed by atoms with van der Waals surface area (Å²) < 4.78 is 0. The largest absolute Gasteiger partial charge is 0.358 e. The van der Waals surface area contributed by atoms with Crippen molar-refractivity contribution in [3.63, 3.8) is 0 Å². The van der Waals surface area contributed by atoms with E-state index in [2.05, 4.69) is 29.4 Å². The van der Waals surface area contributed by atoms with Crippen molar-refractivity contribution in [2.45, 2.75) is 32.7 Å². The minimum Gasteiger partial charge on any atom is -0.358 e. The van der Waals surface area contributed by atoms with Crippen molar-refractivity contribution in [2.24, 2.45) is 5.92 Å². The summed E-state index contributed by atoms with van der Waals surface area (Å²) in [6.45, 7) is 5.98. The van der Waals surface area contributed by atoms with E-state index in [1.54, 1.807) is 0 Å². The smallest absolute Gasteiger partial charge is 0.253 e. The van der Waals surface area contributed by atoms with E-state index in [4.69, 9.17) is 0 Å². The zero-order chi connectivity index (χ0) is 15.1. The monoisotopic (exact) mass is 297 g/mol. The molecule has 4 heteroatoms. The summed E-state index contributed by atoms with van der Waals surface area (Å²) in [4.78, 5) is 18.3. The summed E-state index contributed by atoms with van der Waals surface area (Å²) in [6, 6.07) is 6.11. The Kier molecular flexibility index (Phi) is 3.41. The van der Waals surface area contributed by atoms with Gasteiger partial charge in [-0.1, -0.05) is 6.92 Å². The lowest BCUT2D eigenvalue weighted by Crippen LogP contribution is -2.37. The van der Waals surface area contributed by atoms with Crippen molar-refractivity contribution < 1.29 is 4.79 Å². The maximum atomic E-state index is 12.7. The van der Waals surface area contributed by atoms with E-state index in [-0.39, 0.29) is 5.91 Å².